The molecule has 0 radical (unpaired) electrons. The first kappa shape index (κ1) is 13.8. The molecule has 0 aliphatic carbocycles. The lowest BCUT2D eigenvalue weighted by molar-refractivity contribution is -0.0117. The summed E-state index contributed by atoms with van der Waals surface area (Å²) in [6.45, 7) is 6.22. The highest BCUT2D eigenvalue weighted by Crippen LogP contribution is 2.22. The topological polar surface area (TPSA) is 73.6 Å². The first-order chi connectivity index (χ1) is 7.83. The predicted molar refractivity (Wildman–Crippen MR) is 62.2 cm³/mol. The molecule has 0 aromatic carbocycles. The van der Waals surface area contributed by atoms with Gasteiger partial charge in [-0.15, -0.1) is 0 Å². The van der Waals surface area contributed by atoms with Gasteiger partial charge in [-0.1, -0.05) is 0 Å². The van der Waals surface area contributed by atoms with Gasteiger partial charge in [0.15, 0.2) is 0 Å². The molecule has 96 valence electrons. The van der Waals surface area contributed by atoms with E-state index in [1.165, 1.54) is 4.90 Å². The number of β-amino-alcohol motifs (C(OH)–C–C–N with tert-alkyl or cyclic N) is 1. The quantitative estimate of drug-likeness (QED) is 0.754. The second-order valence-electron chi connectivity index (χ2n) is 5.40. The van der Waals surface area contributed by atoms with Crippen molar-refractivity contribution in [3.8, 4) is 6.07 Å². The number of hydrogen-bond acceptors (Lipinski definition) is 4. The van der Waals surface area contributed by atoms with Gasteiger partial charge in [-0.3, -0.25) is 0 Å². The molecule has 1 heterocycles. The van der Waals surface area contributed by atoms with Crippen LogP contribution in [0.2, 0.25) is 0 Å². The molecule has 1 aliphatic heterocycles. The Bertz CT molecular complexity index is 317. The molecular weight excluding hydrogens is 220 g/mol. The summed E-state index contributed by atoms with van der Waals surface area (Å²) >= 11 is 0. The fourth-order valence-electron chi connectivity index (χ4n) is 1.83. The molecule has 1 fully saturated rings. The molecule has 17 heavy (non-hydrogen) atoms. The summed E-state index contributed by atoms with van der Waals surface area (Å²) < 4.78 is 5.23. The third-order valence-electron chi connectivity index (χ3n) is 2.73. The molecule has 0 spiro atoms. The van der Waals surface area contributed by atoms with Crippen molar-refractivity contribution in [3.05, 3.63) is 0 Å². The number of aliphatic hydroxyl groups excluding tert-OH is 1. The second kappa shape index (κ2) is 5.37. The number of ether oxygens (including phenoxy) is 1. The molecule has 2 atom stereocenters. The normalized spacial score (nSPS) is 25.2. The largest absolute Gasteiger partial charge is 0.444 e. The van der Waals surface area contributed by atoms with Crippen LogP contribution in [0.5, 0.6) is 0 Å². The summed E-state index contributed by atoms with van der Waals surface area (Å²) in [5.41, 5.74) is -0.522. The van der Waals surface area contributed by atoms with Gasteiger partial charge in [-0.2, -0.15) is 5.26 Å². The van der Waals surface area contributed by atoms with Crippen LogP contribution >= 0.6 is 0 Å². The van der Waals surface area contributed by atoms with E-state index in [-0.39, 0.29) is 12.5 Å². The van der Waals surface area contributed by atoms with E-state index >= 15 is 0 Å². The lowest BCUT2D eigenvalue weighted by atomic mass is 9.91. The molecule has 0 aromatic rings. The molecule has 5 nitrogen and oxygen atoms in total. The van der Waals surface area contributed by atoms with E-state index < -0.39 is 17.8 Å². The maximum absolute atomic E-state index is 11.8. The van der Waals surface area contributed by atoms with Crippen molar-refractivity contribution >= 4 is 6.09 Å². The lowest BCUT2D eigenvalue weighted by Gasteiger charge is -2.35. The Kier molecular flexibility index (Phi) is 4.35. The summed E-state index contributed by atoms with van der Waals surface area (Å²) in [5, 5.41) is 18.4. The van der Waals surface area contributed by atoms with Crippen LogP contribution < -0.4 is 0 Å². The van der Waals surface area contributed by atoms with E-state index in [0.29, 0.717) is 19.4 Å². The van der Waals surface area contributed by atoms with Crippen molar-refractivity contribution in [3.63, 3.8) is 0 Å². The number of piperidine rings is 1. The average Bonchev–Trinajstić information content (AvgIpc) is 2.18. The van der Waals surface area contributed by atoms with Gasteiger partial charge >= 0.3 is 6.09 Å². The smallest absolute Gasteiger partial charge is 0.410 e. The van der Waals surface area contributed by atoms with Crippen molar-refractivity contribution in [2.75, 3.05) is 13.1 Å². The number of aliphatic hydroxyl groups is 1. The SMILES string of the molecule is CC(C)(C)OC(=O)N1CC[C@H](CC#N)[C@H](O)C1. The molecule has 0 aromatic heterocycles. The van der Waals surface area contributed by atoms with Crippen molar-refractivity contribution in [2.24, 2.45) is 5.92 Å². The minimum atomic E-state index is -0.629. The number of carbonyl (C=O) groups excluding carboxylic acids is 1. The van der Waals surface area contributed by atoms with Gasteiger partial charge in [0, 0.05) is 18.9 Å². The summed E-state index contributed by atoms with van der Waals surface area (Å²) in [6.07, 6.45) is -0.0417. The zero-order valence-corrected chi connectivity index (χ0v) is 10.6. The number of nitrogens with zero attached hydrogens (tertiary/aromatic N) is 2. The van der Waals surface area contributed by atoms with E-state index in [0.717, 1.165) is 0 Å². The number of likely N-dealkylation sites (tertiary alicyclic amines) is 1. The van der Waals surface area contributed by atoms with E-state index in [1.807, 2.05) is 20.8 Å². The molecule has 0 saturated carbocycles. The van der Waals surface area contributed by atoms with E-state index in [2.05, 4.69) is 6.07 Å². The van der Waals surface area contributed by atoms with Crippen LogP contribution in [0.1, 0.15) is 33.6 Å². The van der Waals surface area contributed by atoms with Gasteiger partial charge in [-0.25, -0.2) is 4.79 Å². The van der Waals surface area contributed by atoms with Crippen molar-refractivity contribution < 1.29 is 14.6 Å². The summed E-state index contributed by atoms with van der Waals surface area (Å²) in [6, 6.07) is 2.06. The Morgan fingerprint density at radius 3 is 2.71 bits per heavy atom. The molecule has 1 rings (SSSR count). The number of rotatable bonds is 1. The lowest BCUT2D eigenvalue weighted by Crippen LogP contribution is -2.48. The molecule has 5 heteroatoms. The van der Waals surface area contributed by atoms with Crippen LogP contribution in [0.25, 0.3) is 0 Å². The summed E-state index contributed by atoms with van der Waals surface area (Å²) in [7, 11) is 0. The first-order valence-corrected chi connectivity index (χ1v) is 5.86. The van der Waals surface area contributed by atoms with E-state index in [9.17, 15) is 9.90 Å². The van der Waals surface area contributed by atoms with Gasteiger partial charge in [0.1, 0.15) is 5.60 Å². The fourth-order valence-corrected chi connectivity index (χ4v) is 1.83. The number of hydrogen-bond donors (Lipinski definition) is 1. The maximum atomic E-state index is 11.8. The Hall–Kier alpha value is -1.28. The fraction of sp³-hybridized carbons (Fsp3) is 0.833. The summed E-state index contributed by atoms with van der Waals surface area (Å²) in [5.74, 6) is -0.0290. The van der Waals surface area contributed by atoms with Crippen LogP contribution in [0.15, 0.2) is 0 Å². The molecule has 0 bridgehead atoms. The molecule has 1 aliphatic rings. The monoisotopic (exact) mass is 240 g/mol. The molecule has 1 saturated heterocycles. The number of nitriles is 1. The first-order valence-electron chi connectivity index (χ1n) is 5.86. The zero-order valence-electron chi connectivity index (χ0n) is 10.6. The van der Waals surface area contributed by atoms with Gasteiger partial charge in [0.25, 0.3) is 0 Å². The Morgan fingerprint density at radius 2 is 2.24 bits per heavy atom. The zero-order chi connectivity index (χ0) is 13.1. The van der Waals surface area contributed by atoms with Gasteiger partial charge in [-0.05, 0) is 27.2 Å². The van der Waals surface area contributed by atoms with E-state index in [1.54, 1.807) is 0 Å². The van der Waals surface area contributed by atoms with Gasteiger partial charge in [0.05, 0.1) is 18.7 Å². The minimum absolute atomic E-state index is 0.0290. The minimum Gasteiger partial charge on any atom is -0.444 e. The Balaban J connectivity index is 2.50. The Labute approximate surface area is 102 Å². The maximum Gasteiger partial charge on any atom is 0.410 e. The van der Waals surface area contributed by atoms with Crippen LogP contribution in [0.3, 0.4) is 0 Å². The second-order valence-corrected chi connectivity index (χ2v) is 5.40. The number of amides is 1. The highest BCUT2D eigenvalue weighted by molar-refractivity contribution is 5.68. The van der Waals surface area contributed by atoms with Crippen LogP contribution in [0.4, 0.5) is 4.79 Å². The van der Waals surface area contributed by atoms with Crippen LogP contribution in [-0.4, -0.2) is 40.9 Å². The summed E-state index contributed by atoms with van der Waals surface area (Å²) in [4.78, 5) is 13.3. The third kappa shape index (κ3) is 4.23. The van der Waals surface area contributed by atoms with Crippen LogP contribution in [-0.2, 0) is 4.74 Å². The molecule has 0 unspecified atom stereocenters. The van der Waals surface area contributed by atoms with Gasteiger partial charge < -0.3 is 14.7 Å². The average molecular weight is 240 g/mol. The molecular formula is C12H20N2O3. The van der Waals surface area contributed by atoms with Crippen molar-refractivity contribution in [2.45, 2.75) is 45.3 Å². The predicted octanol–water partition coefficient (Wildman–Crippen LogP) is 1.52. The van der Waals surface area contributed by atoms with Gasteiger partial charge in [0.2, 0.25) is 0 Å². The van der Waals surface area contributed by atoms with E-state index in [4.69, 9.17) is 10.00 Å². The Morgan fingerprint density at radius 1 is 1.59 bits per heavy atom. The highest BCUT2D eigenvalue weighted by Gasteiger charge is 2.32. The standard InChI is InChI=1S/C12H20N2O3/c1-12(2,3)17-11(16)14-7-5-9(4-6-13)10(15)8-14/h9-10,15H,4-5,7-8H2,1-3H3/t9-,10+/m0/s1. The molecule has 1 N–H and O–H groups in total. The van der Waals surface area contributed by atoms with Crippen molar-refractivity contribution in [1.82, 2.24) is 4.90 Å². The highest BCUT2D eigenvalue weighted by atomic mass is 16.6. The van der Waals surface area contributed by atoms with Crippen LogP contribution in [0, 0.1) is 17.2 Å². The van der Waals surface area contributed by atoms with Crippen molar-refractivity contribution in [1.29, 1.82) is 5.26 Å². The number of carbonyl (C=O) groups is 1. The third-order valence-corrected chi connectivity index (χ3v) is 2.73. The molecule has 1 amide bonds.